The summed E-state index contributed by atoms with van der Waals surface area (Å²) in [5.41, 5.74) is 2.54. The number of aliphatic hydroxyl groups excluding tert-OH is 1. The summed E-state index contributed by atoms with van der Waals surface area (Å²) < 4.78 is 4.75. The molecular formula is C13H19ClN2O3. The van der Waals surface area contributed by atoms with Crippen molar-refractivity contribution >= 4 is 28.9 Å². The summed E-state index contributed by atoms with van der Waals surface area (Å²) in [5, 5.41) is 15.2. The van der Waals surface area contributed by atoms with Gasteiger partial charge in [0.25, 0.3) is 0 Å². The minimum absolute atomic E-state index is 0.0155. The van der Waals surface area contributed by atoms with Gasteiger partial charge >= 0.3 is 0 Å². The molecule has 1 atom stereocenters. The lowest BCUT2D eigenvalue weighted by molar-refractivity contribution is -0.119. The summed E-state index contributed by atoms with van der Waals surface area (Å²) in [7, 11) is 1.47. The van der Waals surface area contributed by atoms with Crippen LogP contribution in [0.4, 0.5) is 11.4 Å². The van der Waals surface area contributed by atoms with Crippen molar-refractivity contribution in [2.75, 3.05) is 36.8 Å². The largest absolute Gasteiger partial charge is 0.390 e. The number of rotatable bonds is 7. The summed E-state index contributed by atoms with van der Waals surface area (Å²) in [4.78, 5) is 11.4. The van der Waals surface area contributed by atoms with E-state index in [0.717, 1.165) is 11.3 Å². The van der Waals surface area contributed by atoms with Crippen molar-refractivity contribution in [3.63, 3.8) is 0 Å². The monoisotopic (exact) mass is 286 g/mol. The highest BCUT2D eigenvalue weighted by atomic mass is 35.5. The quantitative estimate of drug-likeness (QED) is 0.666. The Morgan fingerprint density at radius 2 is 2.26 bits per heavy atom. The molecule has 0 heterocycles. The molecule has 0 saturated carbocycles. The standard InChI is InChI=1S/C13H19ClN2O3/c1-9-3-4-10(16-13(18)8-19-2)5-12(9)15-7-11(17)6-14/h3-5,11,15,17H,6-8H2,1-2H3,(H,16,18). The van der Waals surface area contributed by atoms with Gasteiger partial charge in [0, 0.05) is 25.0 Å². The van der Waals surface area contributed by atoms with Crippen molar-refractivity contribution in [3.05, 3.63) is 23.8 Å². The molecule has 19 heavy (non-hydrogen) atoms. The van der Waals surface area contributed by atoms with Crippen LogP contribution in [0.5, 0.6) is 0 Å². The molecule has 6 heteroatoms. The summed E-state index contributed by atoms with van der Waals surface area (Å²) in [6.07, 6.45) is -0.604. The molecule has 1 unspecified atom stereocenters. The summed E-state index contributed by atoms with van der Waals surface area (Å²) >= 11 is 5.53. The second-order valence-electron chi connectivity index (χ2n) is 4.20. The highest BCUT2D eigenvalue weighted by Gasteiger charge is 2.06. The Balaban J connectivity index is 2.68. The second kappa shape index (κ2) is 7.99. The van der Waals surface area contributed by atoms with Crippen molar-refractivity contribution in [2.24, 2.45) is 0 Å². The van der Waals surface area contributed by atoms with Crippen LogP contribution in [0.1, 0.15) is 5.56 Å². The van der Waals surface area contributed by atoms with Gasteiger partial charge in [-0.3, -0.25) is 4.79 Å². The van der Waals surface area contributed by atoms with Crippen LogP contribution in [0.25, 0.3) is 0 Å². The zero-order valence-corrected chi connectivity index (χ0v) is 11.8. The van der Waals surface area contributed by atoms with Crippen molar-refractivity contribution in [1.29, 1.82) is 0 Å². The number of hydrogen-bond acceptors (Lipinski definition) is 4. The predicted molar refractivity (Wildman–Crippen MR) is 76.9 cm³/mol. The molecule has 0 fully saturated rings. The molecular weight excluding hydrogens is 268 g/mol. The van der Waals surface area contributed by atoms with Gasteiger partial charge in [-0.25, -0.2) is 0 Å². The van der Waals surface area contributed by atoms with Crippen LogP contribution in [-0.4, -0.2) is 43.3 Å². The van der Waals surface area contributed by atoms with E-state index in [0.29, 0.717) is 12.2 Å². The molecule has 3 N–H and O–H groups in total. The molecule has 0 saturated heterocycles. The first-order valence-electron chi connectivity index (χ1n) is 5.94. The van der Waals surface area contributed by atoms with E-state index in [9.17, 15) is 9.90 Å². The van der Waals surface area contributed by atoms with Crippen LogP contribution in [0.3, 0.4) is 0 Å². The van der Waals surface area contributed by atoms with Gasteiger partial charge in [0.15, 0.2) is 0 Å². The van der Waals surface area contributed by atoms with E-state index in [2.05, 4.69) is 10.6 Å². The topological polar surface area (TPSA) is 70.6 Å². The van der Waals surface area contributed by atoms with E-state index in [1.807, 2.05) is 25.1 Å². The summed E-state index contributed by atoms with van der Waals surface area (Å²) in [5.74, 6) is -0.0332. The third kappa shape index (κ3) is 5.46. The van der Waals surface area contributed by atoms with Gasteiger partial charge in [-0.15, -0.1) is 11.6 Å². The Morgan fingerprint density at radius 3 is 2.89 bits per heavy atom. The number of aliphatic hydroxyl groups is 1. The van der Waals surface area contributed by atoms with E-state index in [4.69, 9.17) is 16.3 Å². The van der Waals surface area contributed by atoms with Crippen LogP contribution in [0.2, 0.25) is 0 Å². The minimum atomic E-state index is -0.604. The first-order chi connectivity index (χ1) is 9.06. The van der Waals surface area contributed by atoms with Gasteiger partial charge in [0.2, 0.25) is 5.91 Å². The number of amides is 1. The number of ether oxygens (including phenoxy) is 1. The van der Waals surface area contributed by atoms with E-state index in [-0.39, 0.29) is 18.4 Å². The molecule has 0 aliphatic rings. The molecule has 0 aliphatic heterocycles. The smallest absolute Gasteiger partial charge is 0.250 e. The average molecular weight is 287 g/mol. The fraction of sp³-hybridized carbons (Fsp3) is 0.462. The lowest BCUT2D eigenvalue weighted by Crippen LogP contribution is -2.21. The van der Waals surface area contributed by atoms with Crippen molar-refractivity contribution in [1.82, 2.24) is 0 Å². The maximum atomic E-state index is 11.4. The number of anilines is 2. The number of carbonyl (C=O) groups excluding carboxylic acids is 1. The lowest BCUT2D eigenvalue weighted by Gasteiger charge is -2.14. The third-order valence-electron chi connectivity index (χ3n) is 2.50. The average Bonchev–Trinajstić information content (AvgIpc) is 2.39. The Hall–Kier alpha value is -1.30. The van der Waals surface area contributed by atoms with E-state index in [1.54, 1.807) is 0 Å². The molecule has 1 rings (SSSR count). The number of benzene rings is 1. The van der Waals surface area contributed by atoms with Gasteiger partial charge in [-0.05, 0) is 24.6 Å². The molecule has 0 bridgehead atoms. The number of hydrogen-bond donors (Lipinski definition) is 3. The maximum absolute atomic E-state index is 11.4. The Kier molecular flexibility index (Phi) is 6.62. The number of carbonyl (C=O) groups is 1. The molecule has 1 aromatic carbocycles. The highest BCUT2D eigenvalue weighted by Crippen LogP contribution is 2.20. The zero-order chi connectivity index (χ0) is 14.3. The number of methoxy groups -OCH3 is 1. The SMILES string of the molecule is COCC(=O)Nc1ccc(C)c(NCC(O)CCl)c1. The van der Waals surface area contributed by atoms with Gasteiger partial charge in [-0.2, -0.15) is 0 Å². The van der Waals surface area contributed by atoms with E-state index >= 15 is 0 Å². The lowest BCUT2D eigenvalue weighted by atomic mass is 10.1. The molecule has 0 radical (unpaired) electrons. The predicted octanol–water partition coefficient (Wildman–Crippen LogP) is 1.59. The first kappa shape index (κ1) is 15.8. The Bertz CT molecular complexity index is 426. The highest BCUT2D eigenvalue weighted by molar-refractivity contribution is 6.18. The normalized spacial score (nSPS) is 12.0. The molecule has 0 spiro atoms. The van der Waals surface area contributed by atoms with Gasteiger partial charge in [0.05, 0.1) is 12.0 Å². The van der Waals surface area contributed by atoms with Crippen molar-refractivity contribution in [2.45, 2.75) is 13.0 Å². The summed E-state index contributed by atoms with van der Waals surface area (Å²) in [6, 6.07) is 5.51. The van der Waals surface area contributed by atoms with Crippen LogP contribution >= 0.6 is 11.6 Å². The third-order valence-corrected chi connectivity index (χ3v) is 2.86. The van der Waals surface area contributed by atoms with E-state index in [1.165, 1.54) is 7.11 Å². The van der Waals surface area contributed by atoms with Crippen LogP contribution in [0, 0.1) is 6.92 Å². The fourth-order valence-electron chi connectivity index (χ4n) is 1.50. The van der Waals surface area contributed by atoms with Gasteiger partial charge in [-0.1, -0.05) is 6.07 Å². The van der Waals surface area contributed by atoms with Crippen molar-refractivity contribution in [3.8, 4) is 0 Å². The number of nitrogens with one attached hydrogen (secondary N) is 2. The fourth-order valence-corrected chi connectivity index (χ4v) is 1.61. The van der Waals surface area contributed by atoms with Gasteiger partial charge < -0.3 is 20.5 Å². The van der Waals surface area contributed by atoms with Crippen LogP contribution in [0.15, 0.2) is 18.2 Å². The Morgan fingerprint density at radius 1 is 1.53 bits per heavy atom. The molecule has 5 nitrogen and oxygen atoms in total. The van der Waals surface area contributed by atoms with Gasteiger partial charge in [0.1, 0.15) is 6.61 Å². The molecule has 106 valence electrons. The molecule has 0 aliphatic carbocycles. The first-order valence-corrected chi connectivity index (χ1v) is 6.47. The van der Waals surface area contributed by atoms with Crippen LogP contribution < -0.4 is 10.6 Å². The Labute approximate surface area is 117 Å². The summed E-state index contributed by atoms with van der Waals surface area (Å²) in [6.45, 7) is 2.32. The number of alkyl halides is 1. The molecule has 1 amide bonds. The zero-order valence-electron chi connectivity index (χ0n) is 11.1. The van der Waals surface area contributed by atoms with Crippen LogP contribution in [-0.2, 0) is 9.53 Å². The van der Waals surface area contributed by atoms with Crippen molar-refractivity contribution < 1.29 is 14.6 Å². The van der Waals surface area contributed by atoms with E-state index < -0.39 is 6.10 Å². The number of halogens is 1. The second-order valence-corrected chi connectivity index (χ2v) is 4.51. The molecule has 1 aromatic rings. The maximum Gasteiger partial charge on any atom is 0.250 e. The number of aryl methyl sites for hydroxylation is 1. The molecule has 0 aromatic heterocycles. The minimum Gasteiger partial charge on any atom is -0.390 e.